The van der Waals surface area contributed by atoms with Crippen molar-refractivity contribution in [3.63, 3.8) is 0 Å². The van der Waals surface area contributed by atoms with Crippen LogP contribution in [0.5, 0.6) is 0 Å². The number of hydrazine groups is 1. The zero-order chi connectivity index (χ0) is 18.2. The molecule has 0 saturated carbocycles. The van der Waals surface area contributed by atoms with Gasteiger partial charge in [0.15, 0.2) is 0 Å². The van der Waals surface area contributed by atoms with Crippen molar-refractivity contribution in [2.75, 3.05) is 13.1 Å². The van der Waals surface area contributed by atoms with Crippen molar-refractivity contribution in [2.24, 2.45) is 5.92 Å². The Morgan fingerprint density at radius 2 is 1.84 bits per heavy atom. The number of carbonyl (C=O) groups excluding carboxylic acids is 2. The third-order valence-corrected chi connectivity index (χ3v) is 4.47. The average Bonchev–Trinajstić information content (AvgIpc) is 3.00. The molecule has 0 bridgehead atoms. The number of aliphatic carboxylic acids is 1. The Hall–Kier alpha value is -2.37. The Balaban J connectivity index is 2.10. The number of carboxylic acids is 1. The highest BCUT2D eigenvalue weighted by Gasteiger charge is 2.39. The second-order valence-corrected chi connectivity index (χ2v) is 6.42. The number of carbonyl (C=O) groups is 3. The highest BCUT2D eigenvalue weighted by molar-refractivity contribution is 5.96. The Morgan fingerprint density at radius 1 is 1.16 bits per heavy atom. The second-order valence-electron chi connectivity index (χ2n) is 6.42. The molecule has 6 nitrogen and oxygen atoms in total. The molecule has 1 saturated heterocycles. The second kappa shape index (κ2) is 9.20. The summed E-state index contributed by atoms with van der Waals surface area (Å²) < 4.78 is 0. The van der Waals surface area contributed by atoms with Crippen LogP contribution in [0.2, 0.25) is 0 Å². The van der Waals surface area contributed by atoms with Gasteiger partial charge in [-0.2, -0.15) is 0 Å². The molecule has 0 spiro atoms. The molecule has 1 fully saturated rings. The van der Waals surface area contributed by atoms with Crippen molar-refractivity contribution in [1.29, 1.82) is 0 Å². The first kappa shape index (κ1) is 19.0. The van der Waals surface area contributed by atoms with Crippen molar-refractivity contribution in [1.82, 2.24) is 10.0 Å². The van der Waals surface area contributed by atoms with Crippen LogP contribution in [0, 0.1) is 5.92 Å². The summed E-state index contributed by atoms with van der Waals surface area (Å²) in [5.74, 6) is -2.30. The number of hydrogen-bond acceptors (Lipinski definition) is 3. The van der Waals surface area contributed by atoms with Gasteiger partial charge in [-0.3, -0.25) is 19.4 Å². The molecule has 1 heterocycles. The van der Waals surface area contributed by atoms with Gasteiger partial charge in [0.25, 0.3) is 5.91 Å². The fourth-order valence-electron chi connectivity index (χ4n) is 3.02. The van der Waals surface area contributed by atoms with E-state index in [1.165, 1.54) is 10.0 Å². The van der Waals surface area contributed by atoms with E-state index in [1.807, 2.05) is 6.07 Å². The first-order chi connectivity index (χ1) is 12.0. The zero-order valence-electron chi connectivity index (χ0n) is 14.7. The lowest BCUT2D eigenvalue weighted by atomic mass is 10.1. The molecule has 136 valence electrons. The SMILES string of the molecule is CCCCCCCN(C(=O)c1ccccc1)N1CC(C(=O)O)CC1=O. The molecular weight excluding hydrogens is 320 g/mol. The lowest BCUT2D eigenvalue weighted by molar-refractivity contribution is -0.141. The zero-order valence-corrected chi connectivity index (χ0v) is 14.7. The molecule has 1 aromatic carbocycles. The van der Waals surface area contributed by atoms with Gasteiger partial charge in [0.05, 0.1) is 12.5 Å². The summed E-state index contributed by atoms with van der Waals surface area (Å²) in [6.07, 6.45) is 5.10. The van der Waals surface area contributed by atoms with Crippen LogP contribution in [0.3, 0.4) is 0 Å². The summed E-state index contributed by atoms with van der Waals surface area (Å²) in [6.45, 7) is 2.62. The predicted octanol–water partition coefficient (Wildman–Crippen LogP) is 2.95. The van der Waals surface area contributed by atoms with Crippen molar-refractivity contribution in [3.05, 3.63) is 35.9 Å². The molecule has 1 aliphatic rings. The minimum absolute atomic E-state index is 0.0518. The molecule has 2 amide bonds. The maximum atomic E-state index is 12.9. The van der Waals surface area contributed by atoms with Crippen LogP contribution in [0.25, 0.3) is 0 Å². The van der Waals surface area contributed by atoms with E-state index in [-0.39, 0.29) is 24.8 Å². The maximum absolute atomic E-state index is 12.9. The van der Waals surface area contributed by atoms with E-state index < -0.39 is 11.9 Å². The lowest BCUT2D eigenvalue weighted by Crippen LogP contribution is -2.48. The van der Waals surface area contributed by atoms with Crippen LogP contribution in [-0.2, 0) is 9.59 Å². The normalized spacial score (nSPS) is 16.9. The molecule has 1 unspecified atom stereocenters. The maximum Gasteiger partial charge on any atom is 0.308 e. The smallest absolute Gasteiger partial charge is 0.308 e. The molecule has 1 aliphatic heterocycles. The lowest BCUT2D eigenvalue weighted by Gasteiger charge is -2.32. The quantitative estimate of drug-likeness (QED) is 0.697. The molecule has 0 aliphatic carbocycles. The molecular formula is C19H26N2O4. The van der Waals surface area contributed by atoms with E-state index in [9.17, 15) is 19.5 Å². The van der Waals surface area contributed by atoms with Crippen molar-refractivity contribution < 1.29 is 19.5 Å². The number of hydrogen-bond donors (Lipinski definition) is 1. The Labute approximate surface area is 148 Å². The van der Waals surface area contributed by atoms with Gasteiger partial charge in [-0.25, -0.2) is 5.01 Å². The van der Waals surface area contributed by atoms with Gasteiger partial charge < -0.3 is 5.11 Å². The van der Waals surface area contributed by atoms with Crippen molar-refractivity contribution in [2.45, 2.75) is 45.4 Å². The molecule has 6 heteroatoms. The monoisotopic (exact) mass is 346 g/mol. The summed E-state index contributed by atoms with van der Waals surface area (Å²) in [5.41, 5.74) is 0.502. The van der Waals surface area contributed by atoms with Gasteiger partial charge in [-0.15, -0.1) is 0 Å². The van der Waals surface area contributed by atoms with E-state index in [1.54, 1.807) is 24.3 Å². The van der Waals surface area contributed by atoms with E-state index in [0.29, 0.717) is 12.1 Å². The van der Waals surface area contributed by atoms with E-state index in [2.05, 4.69) is 6.92 Å². The number of nitrogens with zero attached hydrogens (tertiary/aromatic N) is 2. The highest BCUT2D eigenvalue weighted by atomic mass is 16.4. The van der Waals surface area contributed by atoms with Crippen LogP contribution in [0.15, 0.2) is 30.3 Å². The minimum Gasteiger partial charge on any atom is -0.481 e. The van der Waals surface area contributed by atoms with E-state index in [4.69, 9.17) is 0 Å². The first-order valence-electron chi connectivity index (χ1n) is 8.94. The molecule has 0 aromatic heterocycles. The summed E-state index contributed by atoms with van der Waals surface area (Å²) in [5, 5.41) is 11.9. The number of amides is 2. The molecule has 2 rings (SSSR count). The van der Waals surface area contributed by atoms with Gasteiger partial charge >= 0.3 is 5.97 Å². The van der Waals surface area contributed by atoms with Gasteiger partial charge in [0.2, 0.25) is 5.91 Å². The highest BCUT2D eigenvalue weighted by Crippen LogP contribution is 2.22. The summed E-state index contributed by atoms with van der Waals surface area (Å²) in [4.78, 5) is 36.3. The number of rotatable bonds is 9. The van der Waals surface area contributed by atoms with E-state index >= 15 is 0 Å². The molecule has 25 heavy (non-hydrogen) atoms. The van der Waals surface area contributed by atoms with Gasteiger partial charge in [0, 0.05) is 18.5 Å². The van der Waals surface area contributed by atoms with Gasteiger partial charge in [-0.05, 0) is 18.6 Å². The van der Waals surface area contributed by atoms with Crippen LogP contribution in [-0.4, -0.2) is 46.0 Å². The molecule has 1 N–H and O–H groups in total. The van der Waals surface area contributed by atoms with Crippen LogP contribution in [0.1, 0.15) is 55.8 Å². The van der Waals surface area contributed by atoms with Crippen LogP contribution < -0.4 is 0 Å². The molecule has 1 atom stereocenters. The Bertz CT molecular complexity index is 603. The minimum atomic E-state index is -0.995. The van der Waals surface area contributed by atoms with Gasteiger partial charge in [0.1, 0.15) is 0 Å². The Kier molecular flexibility index (Phi) is 6.98. The third kappa shape index (κ3) is 5.05. The van der Waals surface area contributed by atoms with Crippen LogP contribution in [0.4, 0.5) is 0 Å². The molecule has 0 radical (unpaired) electrons. The summed E-state index contributed by atoms with van der Waals surface area (Å²) >= 11 is 0. The largest absolute Gasteiger partial charge is 0.481 e. The first-order valence-corrected chi connectivity index (χ1v) is 8.94. The number of carboxylic acid groups (broad SMARTS) is 1. The third-order valence-electron chi connectivity index (χ3n) is 4.47. The van der Waals surface area contributed by atoms with Crippen molar-refractivity contribution >= 4 is 17.8 Å². The summed E-state index contributed by atoms with van der Waals surface area (Å²) in [6, 6.07) is 8.80. The predicted molar refractivity (Wildman–Crippen MR) is 93.7 cm³/mol. The number of benzene rings is 1. The van der Waals surface area contributed by atoms with Crippen molar-refractivity contribution in [3.8, 4) is 0 Å². The van der Waals surface area contributed by atoms with E-state index in [0.717, 1.165) is 32.1 Å². The summed E-state index contributed by atoms with van der Waals surface area (Å²) in [7, 11) is 0. The number of unbranched alkanes of at least 4 members (excludes halogenated alkanes) is 4. The average molecular weight is 346 g/mol. The standard InChI is InChI=1S/C19H26N2O4/c1-2-3-4-5-9-12-20(18(23)15-10-7-6-8-11-15)21-14-16(19(24)25)13-17(21)22/h6-8,10-11,16H,2-5,9,12-14H2,1H3,(H,24,25). The fourth-order valence-corrected chi connectivity index (χ4v) is 3.02. The van der Waals surface area contributed by atoms with Gasteiger partial charge in [-0.1, -0.05) is 50.8 Å². The fraction of sp³-hybridized carbons (Fsp3) is 0.526. The topological polar surface area (TPSA) is 77.9 Å². The van der Waals surface area contributed by atoms with Crippen LogP contribution >= 0.6 is 0 Å². The Morgan fingerprint density at radius 3 is 2.44 bits per heavy atom. The molecule has 1 aromatic rings.